The van der Waals surface area contributed by atoms with Crippen molar-refractivity contribution >= 4 is 18.2 Å². The molecule has 2 rings (SSSR count). The van der Waals surface area contributed by atoms with Gasteiger partial charge in [0.15, 0.2) is 0 Å². The highest BCUT2D eigenvalue weighted by atomic mass is 16.6. The van der Waals surface area contributed by atoms with E-state index in [0.29, 0.717) is 44.7 Å². The van der Waals surface area contributed by atoms with E-state index >= 15 is 0 Å². The summed E-state index contributed by atoms with van der Waals surface area (Å²) in [4.78, 5) is 52.1. The Labute approximate surface area is 307 Å². The van der Waals surface area contributed by atoms with Crippen LogP contribution in [0.2, 0.25) is 0 Å². The van der Waals surface area contributed by atoms with Crippen molar-refractivity contribution < 1.29 is 48.3 Å². The zero-order chi connectivity index (χ0) is 39.3. The summed E-state index contributed by atoms with van der Waals surface area (Å²) in [6, 6.07) is 18.6. The molecule has 0 aliphatic heterocycles. The predicted molar refractivity (Wildman–Crippen MR) is 195 cm³/mol. The third kappa shape index (κ3) is 24.0. The minimum absolute atomic E-state index is 0.0192. The van der Waals surface area contributed by atoms with Crippen LogP contribution in [0.25, 0.3) is 0 Å². The molecule has 0 saturated heterocycles. The van der Waals surface area contributed by atoms with E-state index in [1.807, 2.05) is 74.5 Å². The van der Waals surface area contributed by atoms with Crippen LogP contribution < -0.4 is 0 Å². The van der Waals surface area contributed by atoms with Crippen LogP contribution in [0.4, 0.5) is 0 Å². The van der Waals surface area contributed by atoms with Crippen molar-refractivity contribution in [1.82, 2.24) is 0 Å². The lowest BCUT2D eigenvalue weighted by atomic mass is 9.88. The minimum atomic E-state index is -1.19. The summed E-state index contributed by atoms with van der Waals surface area (Å²) in [6.45, 7) is 10.2. The Bertz CT molecular complexity index is 1260. The number of hydrogen-bond acceptors (Lipinski definition) is 12. The number of benzene rings is 2. The summed E-state index contributed by atoms with van der Waals surface area (Å²) in [5.41, 5.74) is 2.23. The van der Waals surface area contributed by atoms with Crippen LogP contribution in [-0.2, 0) is 46.5 Å². The van der Waals surface area contributed by atoms with Crippen molar-refractivity contribution in [3.63, 3.8) is 0 Å². The lowest BCUT2D eigenvalue weighted by molar-refractivity contribution is -0.535. The van der Waals surface area contributed by atoms with E-state index in [2.05, 4.69) is 23.3 Å². The molecular weight excluding hydrogens is 676 g/mol. The highest BCUT2D eigenvalue weighted by molar-refractivity contribution is 5.69. The van der Waals surface area contributed by atoms with Gasteiger partial charge in [-0.1, -0.05) is 88.4 Å². The van der Waals surface area contributed by atoms with Crippen LogP contribution >= 0.6 is 0 Å². The molecule has 0 aromatic heterocycles. The van der Waals surface area contributed by atoms with Crippen LogP contribution in [-0.4, -0.2) is 79.3 Å². The van der Waals surface area contributed by atoms with Crippen molar-refractivity contribution in [1.29, 1.82) is 0 Å². The van der Waals surface area contributed by atoms with Gasteiger partial charge >= 0.3 is 11.9 Å². The number of hydrogen-bond donors (Lipinski definition) is 1. The summed E-state index contributed by atoms with van der Waals surface area (Å²) in [7, 11) is 2.49. The maximum Gasteiger partial charge on any atom is 0.305 e. The number of esters is 2. The Morgan fingerprint density at radius 2 is 1.23 bits per heavy atom. The maximum atomic E-state index is 11.3. The molecule has 2 aromatic rings. The van der Waals surface area contributed by atoms with E-state index in [4.69, 9.17) is 9.47 Å². The van der Waals surface area contributed by atoms with E-state index < -0.39 is 33.9 Å². The fraction of sp³-hybridized carbons (Fsp3) is 0.605. The number of aliphatic hydroxyl groups excluding tert-OH is 1. The van der Waals surface area contributed by atoms with Crippen molar-refractivity contribution in [3.8, 4) is 0 Å². The van der Waals surface area contributed by atoms with Gasteiger partial charge in [-0.2, -0.15) is 0 Å². The zero-order valence-corrected chi connectivity index (χ0v) is 31.4. The lowest BCUT2D eigenvalue weighted by Gasteiger charge is -2.25. The number of aldehydes is 1. The van der Waals surface area contributed by atoms with E-state index in [0.717, 1.165) is 11.8 Å². The van der Waals surface area contributed by atoms with Crippen molar-refractivity contribution in [2.75, 3.05) is 34.0 Å². The Morgan fingerprint density at radius 1 is 0.769 bits per heavy atom. The van der Waals surface area contributed by atoms with Gasteiger partial charge in [-0.15, -0.1) is 0 Å². The first-order valence-corrected chi connectivity index (χ1v) is 17.5. The molecule has 0 heterocycles. The lowest BCUT2D eigenvalue weighted by Crippen LogP contribution is -2.37. The quantitative estimate of drug-likeness (QED) is 0.0597. The second-order valence-electron chi connectivity index (χ2n) is 12.9. The van der Waals surface area contributed by atoms with Crippen LogP contribution in [0.15, 0.2) is 60.7 Å². The summed E-state index contributed by atoms with van der Waals surface area (Å²) >= 11 is 0. The van der Waals surface area contributed by atoms with Crippen molar-refractivity contribution in [2.24, 2.45) is 23.7 Å². The normalized spacial score (nSPS) is 12.9. The van der Waals surface area contributed by atoms with Gasteiger partial charge in [0.2, 0.25) is 12.6 Å². The second kappa shape index (κ2) is 29.3. The molecule has 4 atom stereocenters. The number of nitro groups is 2. The molecule has 0 bridgehead atoms. The molecule has 0 fully saturated rings. The van der Waals surface area contributed by atoms with Crippen LogP contribution in [0.3, 0.4) is 0 Å². The third-order valence-corrected chi connectivity index (χ3v) is 8.25. The topological polar surface area (TPSA) is 195 Å². The number of carbonyl (C=O) groups excluding carboxylic acids is 3. The molecule has 1 N–H and O–H groups in total. The van der Waals surface area contributed by atoms with Gasteiger partial charge in [0.1, 0.15) is 12.4 Å². The molecule has 0 aliphatic carbocycles. The molecule has 0 amide bonds. The summed E-state index contributed by atoms with van der Waals surface area (Å²) in [5.74, 6) is 0.0856. The van der Waals surface area contributed by atoms with Crippen LogP contribution in [0.1, 0.15) is 77.3 Å². The summed E-state index contributed by atoms with van der Waals surface area (Å²) in [5, 5.41) is 31.3. The molecular formula is C38H58N2O12. The van der Waals surface area contributed by atoms with Gasteiger partial charge in [-0.05, 0) is 41.2 Å². The molecule has 2 aromatic carbocycles. The smallest absolute Gasteiger partial charge is 0.305 e. The number of methoxy groups -OCH3 is 2. The maximum absolute atomic E-state index is 11.3. The predicted octanol–water partition coefficient (Wildman–Crippen LogP) is 6.11. The molecule has 0 radical (unpaired) electrons. The van der Waals surface area contributed by atoms with Gasteiger partial charge in [0.05, 0.1) is 53.5 Å². The van der Waals surface area contributed by atoms with E-state index in [1.165, 1.54) is 19.8 Å². The zero-order valence-electron chi connectivity index (χ0n) is 31.4. The molecule has 14 nitrogen and oxygen atoms in total. The molecule has 292 valence electrons. The number of nitrogens with zero attached hydrogens (tertiary/aromatic N) is 2. The Kier molecular flexibility index (Phi) is 26.9. The molecule has 0 saturated carbocycles. The first kappa shape index (κ1) is 47.7. The first-order chi connectivity index (χ1) is 24.7. The molecule has 0 unspecified atom stereocenters. The monoisotopic (exact) mass is 734 g/mol. The Balaban J connectivity index is 0.000000846. The number of rotatable bonds is 23. The van der Waals surface area contributed by atoms with Crippen molar-refractivity contribution in [2.45, 2.75) is 91.6 Å². The molecule has 14 heteroatoms. The number of aliphatic hydroxyl groups is 1. The highest BCUT2D eigenvalue weighted by Crippen LogP contribution is 2.22. The Hall–Kier alpha value is -4.27. The molecule has 0 spiro atoms. The second-order valence-corrected chi connectivity index (χ2v) is 12.9. The SMILES string of the molecule is CC(C)[C@H](CC=O)COCc1ccccc1.COC(=O)CCC[N+](=O)[O-].COC(=O)CC[C@@H]([C@@H](O)C[C@H](COCc1ccccc1)C(C)C)[N+](=O)[O-]. The van der Waals surface area contributed by atoms with Crippen LogP contribution in [0.5, 0.6) is 0 Å². The van der Waals surface area contributed by atoms with Crippen molar-refractivity contribution in [3.05, 3.63) is 92.0 Å². The van der Waals surface area contributed by atoms with E-state index in [-0.39, 0.29) is 50.5 Å². The summed E-state index contributed by atoms with van der Waals surface area (Å²) < 4.78 is 20.2. The Morgan fingerprint density at radius 3 is 1.63 bits per heavy atom. The average Bonchev–Trinajstić information content (AvgIpc) is 3.11. The number of carbonyl (C=O) groups is 3. The third-order valence-electron chi connectivity index (χ3n) is 8.25. The fourth-order valence-electron chi connectivity index (χ4n) is 4.72. The van der Waals surface area contributed by atoms with Gasteiger partial charge in [-0.25, -0.2) is 0 Å². The molecule has 0 aliphatic rings. The average molecular weight is 735 g/mol. The largest absolute Gasteiger partial charge is 0.469 e. The first-order valence-electron chi connectivity index (χ1n) is 17.5. The van der Waals surface area contributed by atoms with Gasteiger partial charge in [0.25, 0.3) is 0 Å². The van der Waals surface area contributed by atoms with Gasteiger partial charge in [0, 0.05) is 29.1 Å². The fourth-order valence-corrected chi connectivity index (χ4v) is 4.72. The standard InChI is InChI=1S/C19H29NO6.C14H20O2.C5H9NO4/c1-14(2)16(13-26-12-15-7-5-4-6-8-15)11-18(21)17(20(23)24)9-10-19(22)25-3;1-12(2)14(8-9-15)11-16-10-13-6-4-3-5-7-13;1-10-5(7)3-2-4-6(8)9/h4-8,14,16-18,21H,9-13H2,1-3H3;3-7,9,12,14H,8,10-11H2,1-2H3;2-4H2,1H3/t16-,17+,18+;14-;/m11./s1. The van der Waals surface area contributed by atoms with Gasteiger partial charge < -0.3 is 28.8 Å². The molecule has 52 heavy (non-hydrogen) atoms. The van der Waals surface area contributed by atoms with Gasteiger partial charge in [-0.3, -0.25) is 29.8 Å². The van der Waals surface area contributed by atoms with E-state index in [1.54, 1.807) is 0 Å². The van der Waals surface area contributed by atoms with E-state index in [9.17, 15) is 39.7 Å². The summed E-state index contributed by atoms with van der Waals surface area (Å²) in [6.07, 6.45) is 0.925. The number of ether oxygens (including phenoxy) is 4. The van der Waals surface area contributed by atoms with Crippen LogP contribution in [0, 0.1) is 43.9 Å². The highest BCUT2D eigenvalue weighted by Gasteiger charge is 2.33. The minimum Gasteiger partial charge on any atom is -0.469 e.